The Kier molecular flexibility index (Phi) is 15.9. The van der Waals surface area contributed by atoms with E-state index in [1.54, 1.807) is 0 Å². The van der Waals surface area contributed by atoms with Crippen LogP contribution in [-0.4, -0.2) is 173 Å². The molecule has 8 bridgehead atoms. The summed E-state index contributed by atoms with van der Waals surface area (Å²) in [5.41, 5.74) is 9.10. The van der Waals surface area contributed by atoms with Crippen LogP contribution in [0.4, 0.5) is 0 Å². The molecule has 2 fully saturated rings. The van der Waals surface area contributed by atoms with Gasteiger partial charge in [-0.05, 0) is 80.5 Å². The van der Waals surface area contributed by atoms with Gasteiger partial charge in [0.05, 0.1) is 66.3 Å². The Morgan fingerprint density at radius 2 is 1.41 bits per heavy atom. The van der Waals surface area contributed by atoms with Gasteiger partial charge in [-0.1, -0.05) is 40.0 Å². The molecule has 12 atom stereocenters. The number of H-pyrrole nitrogens is 2. The highest BCUT2D eigenvalue weighted by Crippen LogP contribution is 2.45. The lowest BCUT2D eigenvalue weighted by atomic mass is 9.84. The van der Waals surface area contributed by atoms with Crippen LogP contribution < -0.4 is 0 Å². The number of carbonyl (C=O) groups excluding carboxylic acids is 3. The molecule has 6 aliphatic heterocycles. The zero-order valence-corrected chi connectivity index (χ0v) is 41.2. The summed E-state index contributed by atoms with van der Waals surface area (Å²) in [4.78, 5) is 60.7. The smallest absolute Gasteiger partial charge is 0.305 e. The molecule has 6 aliphatic rings. The van der Waals surface area contributed by atoms with Crippen molar-refractivity contribution in [1.29, 1.82) is 0 Å². The highest BCUT2D eigenvalue weighted by molar-refractivity contribution is 6.23. The number of unbranched alkanes of at least 4 members (excludes halogenated alkanes) is 3. The number of allylic oxidation sites excluding steroid dienone is 3. The Morgan fingerprint density at radius 3 is 2.08 bits per heavy atom. The van der Waals surface area contributed by atoms with E-state index in [0.717, 1.165) is 30.4 Å². The van der Waals surface area contributed by atoms with E-state index in [9.17, 15) is 50.1 Å². The SMILES string of the molecule is CCCCCCN1C(=O)c2c3[nH]c(cc4nc(cc5nc(cc6[nH]c2c(c6C)C1=O)C(CC)=C5C)C(CO[C@@H]1O[C@H](CO)[C@@H](O[C@@H]2O[C@H](CO)[C@H](O)[C@H](O)[C@H]2O)[C@H](O)[C@H]1O)=C4C)[C@@H](C)[C@@H]3CCC(=O)OC. The third-order valence-corrected chi connectivity index (χ3v) is 14.9. The number of hydrogen-bond donors (Lipinski definition) is 9. The summed E-state index contributed by atoms with van der Waals surface area (Å²) in [7, 11) is 1.33. The molecule has 0 aromatic carbocycles. The molecule has 8 heterocycles. The number of methoxy groups -OCH3 is 1. The van der Waals surface area contributed by atoms with Gasteiger partial charge in [-0.25, -0.2) is 9.97 Å². The van der Waals surface area contributed by atoms with E-state index in [2.05, 4.69) is 16.9 Å². The molecule has 2 aromatic heterocycles. The van der Waals surface area contributed by atoms with Crippen molar-refractivity contribution in [3.63, 3.8) is 0 Å². The minimum atomic E-state index is -1.82. The van der Waals surface area contributed by atoms with Crippen molar-refractivity contribution in [2.45, 2.75) is 160 Å². The van der Waals surface area contributed by atoms with Gasteiger partial charge < -0.3 is 69.4 Å². The second-order valence-electron chi connectivity index (χ2n) is 19.2. The van der Waals surface area contributed by atoms with E-state index >= 15 is 0 Å². The number of nitrogens with one attached hydrogen (secondary N) is 2. The number of aliphatic hydroxyl groups is 7. The first-order valence-corrected chi connectivity index (χ1v) is 24.6. The number of rotatable bonds is 16. The molecule has 8 rings (SSSR count). The van der Waals surface area contributed by atoms with Crippen LogP contribution in [0.1, 0.15) is 152 Å². The maximum atomic E-state index is 14.9. The maximum absolute atomic E-state index is 14.9. The van der Waals surface area contributed by atoms with Gasteiger partial charge in [0.1, 0.15) is 48.8 Å². The number of amides is 2. The number of esters is 1. The van der Waals surface area contributed by atoms with Crippen LogP contribution in [0.2, 0.25) is 0 Å². The first kappa shape index (κ1) is 52.4. The van der Waals surface area contributed by atoms with Crippen LogP contribution in [0.5, 0.6) is 0 Å². The Balaban J connectivity index is 1.22. The van der Waals surface area contributed by atoms with Crippen LogP contribution >= 0.6 is 0 Å². The molecule has 0 saturated carbocycles. The summed E-state index contributed by atoms with van der Waals surface area (Å²) in [6.45, 7) is 10.4. The van der Waals surface area contributed by atoms with Gasteiger partial charge in [-0.15, -0.1) is 0 Å². The minimum Gasteiger partial charge on any atom is -0.469 e. The second kappa shape index (κ2) is 21.6. The summed E-state index contributed by atoms with van der Waals surface area (Å²) in [5.74, 6) is -1.89. The van der Waals surface area contributed by atoms with E-state index < -0.39 is 92.4 Å². The van der Waals surface area contributed by atoms with Crippen molar-refractivity contribution in [3.05, 3.63) is 69.1 Å². The standard InChI is InChI=1S/C51H67N5O15/c1-8-10-11-12-15-56-48(65)38-25(6)32-18-33-26(9-2)22(3)30(52-33)17-34-28(21-68-50-46(64)44(62)47(36(20-58)70-50)71-51-45(63)43(61)42(60)35(19-57)69-51)24(5)29(53-34)16-31-23(4)27(13-14-37(59)67-7)40(54-31)39(49(56)66)41(38)55-32/h16-18,23,27,35-36,42-47,50-51,54-55,57-58,60-64H,8-15,19-21H2,1-7H3/t23-,27-,35+,36+,42-,43-,44+,45+,46+,47+,50+,51-/m0/s1. The Hall–Kier alpha value is -4.97. The van der Waals surface area contributed by atoms with Crippen molar-refractivity contribution in [1.82, 2.24) is 24.8 Å². The number of ether oxygens (including phenoxy) is 5. The lowest BCUT2D eigenvalue weighted by Crippen LogP contribution is -2.64. The normalized spacial score (nSPS) is 29.3. The van der Waals surface area contributed by atoms with Crippen molar-refractivity contribution in [2.75, 3.05) is 33.5 Å². The molecule has 9 N–H and O–H groups in total. The van der Waals surface area contributed by atoms with E-state index in [-0.39, 0.29) is 31.4 Å². The molecule has 2 aromatic rings. The highest BCUT2D eigenvalue weighted by atomic mass is 16.7. The fourth-order valence-corrected chi connectivity index (χ4v) is 10.5. The highest BCUT2D eigenvalue weighted by Gasteiger charge is 2.51. The molecule has 0 radical (unpaired) electrons. The van der Waals surface area contributed by atoms with Gasteiger partial charge >= 0.3 is 5.97 Å². The first-order valence-electron chi connectivity index (χ1n) is 24.6. The predicted octanol–water partition coefficient (Wildman–Crippen LogP) is 3.27. The molecule has 71 heavy (non-hydrogen) atoms. The Morgan fingerprint density at radius 1 is 0.761 bits per heavy atom. The maximum Gasteiger partial charge on any atom is 0.305 e. The van der Waals surface area contributed by atoms with Gasteiger partial charge in [-0.2, -0.15) is 0 Å². The minimum absolute atomic E-state index is 0.0699. The van der Waals surface area contributed by atoms with Gasteiger partial charge in [0, 0.05) is 47.3 Å². The number of aromatic amines is 2. The number of imide groups is 1. The van der Waals surface area contributed by atoms with E-state index in [0.29, 0.717) is 92.3 Å². The third-order valence-electron chi connectivity index (χ3n) is 14.9. The largest absolute Gasteiger partial charge is 0.469 e. The lowest BCUT2D eigenvalue weighted by molar-refractivity contribution is -0.358. The summed E-state index contributed by atoms with van der Waals surface area (Å²) in [5, 5.41) is 74.0. The Bertz CT molecular complexity index is 2650. The van der Waals surface area contributed by atoms with E-state index in [1.165, 1.54) is 12.0 Å². The number of aliphatic hydroxyl groups excluding tert-OH is 7. The lowest BCUT2D eigenvalue weighted by Gasteiger charge is -2.45. The van der Waals surface area contributed by atoms with Crippen LogP contribution in [-0.2, 0) is 28.5 Å². The van der Waals surface area contributed by atoms with Gasteiger partial charge in [0.15, 0.2) is 12.6 Å². The number of fused-ring (bicyclic) bond motifs is 8. The molecular formula is C51H67N5O15. The molecule has 0 spiro atoms. The monoisotopic (exact) mass is 989 g/mol. The Labute approximate surface area is 411 Å². The van der Waals surface area contributed by atoms with E-state index in [1.807, 2.05) is 52.8 Å². The fraction of sp³-hybridized carbons (Fsp3) is 0.588. The zero-order chi connectivity index (χ0) is 51.2. The predicted molar refractivity (Wildman–Crippen MR) is 257 cm³/mol. The summed E-state index contributed by atoms with van der Waals surface area (Å²) >= 11 is 0. The summed E-state index contributed by atoms with van der Waals surface area (Å²) in [6.07, 6.45) is -11.8. The van der Waals surface area contributed by atoms with E-state index in [4.69, 9.17) is 33.7 Å². The number of carbonyl (C=O) groups is 3. The molecule has 20 heteroatoms. The quantitative estimate of drug-likeness (QED) is 0.0662. The van der Waals surface area contributed by atoms with Crippen LogP contribution in [0.25, 0.3) is 33.3 Å². The summed E-state index contributed by atoms with van der Waals surface area (Å²) < 4.78 is 28.5. The summed E-state index contributed by atoms with van der Waals surface area (Å²) in [6, 6.07) is 5.63. The van der Waals surface area contributed by atoms with Crippen LogP contribution in [0.15, 0.2) is 18.2 Å². The number of nitrogens with zero attached hydrogens (tertiary/aromatic N) is 3. The molecular weight excluding hydrogens is 923 g/mol. The molecule has 2 saturated heterocycles. The number of aromatic nitrogens is 4. The molecule has 0 unspecified atom stereocenters. The van der Waals surface area contributed by atoms with Gasteiger partial charge in [0.25, 0.3) is 11.8 Å². The third kappa shape index (κ3) is 9.72. The zero-order valence-electron chi connectivity index (χ0n) is 41.2. The fourth-order valence-electron chi connectivity index (χ4n) is 10.5. The molecule has 20 nitrogen and oxygen atoms in total. The van der Waals surface area contributed by atoms with Crippen molar-refractivity contribution in [2.24, 2.45) is 0 Å². The van der Waals surface area contributed by atoms with Crippen LogP contribution in [0, 0.1) is 6.92 Å². The average molecular weight is 990 g/mol. The van der Waals surface area contributed by atoms with Gasteiger partial charge in [0.2, 0.25) is 0 Å². The topological polar surface area (TPSA) is 300 Å². The molecule has 386 valence electrons. The first-order chi connectivity index (χ1) is 34.0. The van der Waals surface area contributed by atoms with Crippen molar-refractivity contribution >= 4 is 51.1 Å². The number of hydrogen-bond acceptors (Lipinski definition) is 17. The molecule has 2 amide bonds. The van der Waals surface area contributed by atoms with Crippen molar-refractivity contribution < 1.29 is 73.8 Å². The molecule has 0 aliphatic carbocycles. The number of aryl methyl sites for hydroxylation is 1. The van der Waals surface area contributed by atoms with Crippen LogP contribution in [0.3, 0.4) is 0 Å². The second-order valence-corrected chi connectivity index (χ2v) is 19.2. The average Bonchev–Trinajstić information content (AvgIpc) is 4.04. The van der Waals surface area contributed by atoms with Crippen molar-refractivity contribution in [3.8, 4) is 0 Å². The van der Waals surface area contributed by atoms with Gasteiger partial charge in [-0.3, -0.25) is 19.3 Å².